The van der Waals surface area contributed by atoms with Gasteiger partial charge in [-0.2, -0.15) is 26.3 Å². The van der Waals surface area contributed by atoms with Crippen molar-refractivity contribution >= 4 is 23.5 Å². The van der Waals surface area contributed by atoms with Crippen LogP contribution in [0.15, 0.2) is 36.5 Å². The number of anilines is 2. The van der Waals surface area contributed by atoms with Gasteiger partial charge in [-0.1, -0.05) is 0 Å². The van der Waals surface area contributed by atoms with Crippen LogP contribution in [-0.2, 0) is 12.4 Å². The van der Waals surface area contributed by atoms with Gasteiger partial charge >= 0.3 is 24.4 Å². The second kappa shape index (κ2) is 7.13. The van der Waals surface area contributed by atoms with Gasteiger partial charge in [0.2, 0.25) is 0 Å². The molecule has 0 aliphatic heterocycles. The number of amides is 2. The zero-order chi connectivity index (χ0) is 20.4. The summed E-state index contributed by atoms with van der Waals surface area (Å²) in [6.07, 6.45) is -9.02. The number of nitrogens with one attached hydrogen (secondary N) is 2. The second-order valence-electron chi connectivity index (χ2n) is 5.08. The predicted molar refractivity (Wildman–Crippen MR) is 80.3 cm³/mol. The lowest BCUT2D eigenvalue weighted by atomic mass is 10.1. The van der Waals surface area contributed by atoms with Gasteiger partial charge in [-0.25, -0.2) is 14.6 Å². The summed E-state index contributed by atoms with van der Waals surface area (Å²) < 4.78 is 76.7. The number of aromatic nitrogens is 1. The van der Waals surface area contributed by atoms with Crippen LogP contribution >= 0.6 is 0 Å². The molecule has 2 aromatic rings. The standard InChI is InChI=1S/C15H9F6N3O3/c16-14(17,18)7-4-8(15(19,20)21)6-9(5-7)23-13(27)24-11-10(12(25)26)2-1-3-22-11/h1-6H,(H,25,26)(H2,22,23,24,27). The smallest absolute Gasteiger partial charge is 0.416 e. The summed E-state index contributed by atoms with van der Waals surface area (Å²) in [4.78, 5) is 26.5. The maximum absolute atomic E-state index is 12.8. The Hall–Kier alpha value is -3.31. The summed E-state index contributed by atoms with van der Waals surface area (Å²) in [6.45, 7) is 0. The van der Waals surface area contributed by atoms with E-state index in [1.807, 2.05) is 5.32 Å². The number of nitrogens with zero attached hydrogens (tertiary/aromatic N) is 1. The number of pyridine rings is 1. The zero-order valence-electron chi connectivity index (χ0n) is 12.9. The molecule has 2 rings (SSSR count). The molecule has 0 bridgehead atoms. The van der Waals surface area contributed by atoms with Crippen molar-refractivity contribution in [2.75, 3.05) is 10.6 Å². The number of urea groups is 1. The fourth-order valence-corrected chi connectivity index (χ4v) is 1.97. The fraction of sp³-hybridized carbons (Fsp3) is 0.133. The summed E-state index contributed by atoms with van der Waals surface area (Å²) in [6, 6.07) is 1.61. The van der Waals surface area contributed by atoms with E-state index in [-0.39, 0.29) is 6.07 Å². The number of carboxylic acid groups (broad SMARTS) is 1. The van der Waals surface area contributed by atoms with E-state index in [2.05, 4.69) is 4.98 Å². The Kier molecular flexibility index (Phi) is 5.28. The number of aromatic carboxylic acids is 1. The number of halogens is 6. The summed E-state index contributed by atoms with van der Waals surface area (Å²) in [5.74, 6) is -1.89. The summed E-state index contributed by atoms with van der Waals surface area (Å²) >= 11 is 0. The van der Waals surface area contributed by atoms with Gasteiger partial charge in [0.05, 0.1) is 11.1 Å². The van der Waals surface area contributed by atoms with Crippen LogP contribution in [0.1, 0.15) is 21.5 Å². The number of carbonyl (C=O) groups is 2. The largest absolute Gasteiger partial charge is 0.478 e. The maximum Gasteiger partial charge on any atom is 0.416 e. The van der Waals surface area contributed by atoms with E-state index in [0.717, 1.165) is 12.3 Å². The molecule has 0 spiro atoms. The van der Waals surface area contributed by atoms with Gasteiger partial charge < -0.3 is 10.4 Å². The lowest BCUT2D eigenvalue weighted by Crippen LogP contribution is -2.22. The average molecular weight is 393 g/mol. The van der Waals surface area contributed by atoms with E-state index < -0.39 is 52.5 Å². The van der Waals surface area contributed by atoms with Gasteiger partial charge in [-0.3, -0.25) is 5.32 Å². The van der Waals surface area contributed by atoms with Crippen molar-refractivity contribution in [3.63, 3.8) is 0 Å². The number of alkyl halides is 6. The molecule has 0 radical (unpaired) electrons. The summed E-state index contributed by atoms with van der Waals surface area (Å²) in [7, 11) is 0. The molecule has 3 N–H and O–H groups in total. The minimum atomic E-state index is -5.08. The monoisotopic (exact) mass is 393 g/mol. The second-order valence-corrected chi connectivity index (χ2v) is 5.08. The van der Waals surface area contributed by atoms with Gasteiger partial charge in [0.25, 0.3) is 0 Å². The number of carbonyl (C=O) groups excluding carboxylic acids is 1. The van der Waals surface area contributed by atoms with Crippen molar-refractivity contribution in [1.82, 2.24) is 4.98 Å². The number of carboxylic acids is 1. The van der Waals surface area contributed by atoms with E-state index in [0.29, 0.717) is 12.1 Å². The van der Waals surface area contributed by atoms with Crippen molar-refractivity contribution in [3.8, 4) is 0 Å². The van der Waals surface area contributed by atoms with Gasteiger partial charge in [0.15, 0.2) is 0 Å². The first kappa shape index (κ1) is 20.0. The minimum Gasteiger partial charge on any atom is -0.478 e. The van der Waals surface area contributed by atoms with Crippen molar-refractivity contribution in [2.45, 2.75) is 12.4 Å². The molecule has 0 saturated heterocycles. The van der Waals surface area contributed by atoms with Crippen LogP contribution in [0.3, 0.4) is 0 Å². The molecule has 12 heteroatoms. The van der Waals surface area contributed by atoms with Crippen LogP contribution in [0.5, 0.6) is 0 Å². The SMILES string of the molecule is O=C(Nc1cc(C(F)(F)F)cc(C(F)(F)F)c1)Nc1ncccc1C(=O)O. The first-order chi connectivity index (χ1) is 12.4. The molecule has 0 atom stereocenters. The Labute approximate surface area is 146 Å². The molecule has 144 valence electrons. The number of benzene rings is 1. The molecule has 27 heavy (non-hydrogen) atoms. The van der Waals surface area contributed by atoms with Crippen molar-refractivity contribution in [3.05, 3.63) is 53.2 Å². The molecule has 0 saturated carbocycles. The lowest BCUT2D eigenvalue weighted by Gasteiger charge is -2.15. The highest BCUT2D eigenvalue weighted by Crippen LogP contribution is 2.37. The zero-order valence-corrected chi connectivity index (χ0v) is 12.9. The van der Waals surface area contributed by atoms with Crippen LogP contribution in [0.4, 0.5) is 42.6 Å². The predicted octanol–water partition coefficient (Wildman–Crippen LogP) is 4.46. The van der Waals surface area contributed by atoms with Crippen molar-refractivity contribution < 1.29 is 41.0 Å². The van der Waals surface area contributed by atoms with E-state index in [9.17, 15) is 35.9 Å². The third-order valence-electron chi connectivity index (χ3n) is 3.12. The van der Waals surface area contributed by atoms with Crippen LogP contribution in [0.2, 0.25) is 0 Å². The third-order valence-corrected chi connectivity index (χ3v) is 3.12. The van der Waals surface area contributed by atoms with E-state index in [1.54, 1.807) is 5.32 Å². The summed E-state index contributed by atoms with van der Waals surface area (Å²) in [5, 5.41) is 12.7. The van der Waals surface area contributed by atoms with E-state index in [1.165, 1.54) is 6.07 Å². The van der Waals surface area contributed by atoms with Gasteiger partial charge in [0.1, 0.15) is 11.4 Å². The van der Waals surface area contributed by atoms with Crippen LogP contribution in [-0.4, -0.2) is 22.1 Å². The van der Waals surface area contributed by atoms with Gasteiger partial charge in [0, 0.05) is 11.9 Å². The molecule has 6 nitrogen and oxygen atoms in total. The molecule has 2 amide bonds. The molecule has 0 aliphatic rings. The molecule has 1 aromatic carbocycles. The average Bonchev–Trinajstić information content (AvgIpc) is 2.53. The highest BCUT2D eigenvalue weighted by atomic mass is 19.4. The molecular weight excluding hydrogens is 384 g/mol. The topological polar surface area (TPSA) is 91.3 Å². The van der Waals surface area contributed by atoms with Crippen molar-refractivity contribution in [1.29, 1.82) is 0 Å². The molecular formula is C15H9F6N3O3. The first-order valence-electron chi connectivity index (χ1n) is 6.93. The Morgan fingerprint density at radius 2 is 1.48 bits per heavy atom. The quantitative estimate of drug-likeness (QED) is 0.672. The Morgan fingerprint density at radius 3 is 1.96 bits per heavy atom. The van der Waals surface area contributed by atoms with Crippen LogP contribution < -0.4 is 10.6 Å². The van der Waals surface area contributed by atoms with Crippen LogP contribution in [0.25, 0.3) is 0 Å². The number of rotatable bonds is 3. The number of hydrogen-bond donors (Lipinski definition) is 3. The number of hydrogen-bond acceptors (Lipinski definition) is 3. The highest BCUT2D eigenvalue weighted by molar-refractivity contribution is 6.03. The first-order valence-corrected chi connectivity index (χ1v) is 6.93. The van der Waals surface area contributed by atoms with E-state index >= 15 is 0 Å². The molecule has 1 heterocycles. The maximum atomic E-state index is 12.8. The minimum absolute atomic E-state index is 0.0929. The molecule has 0 fully saturated rings. The molecule has 0 unspecified atom stereocenters. The summed E-state index contributed by atoms with van der Waals surface area (Å²) in [5.41, 5.74) is -4.44. The highest BCUT2D eigenvalue weighted by Gasteiger charge is 2.37. The normalized spacial score (nSPS) is 11.8. The van der Waals surface area contributed by atoms with Gasteiger partial charge in [-0.05, 0) is 30.3 Å². The Bertz CT molecular complexity index is 848. The van der Waals surface area contributed by atoms with Crippen LogP contribution in [0, 0.1) is 0 Å². The molecule has 1 aromatic heterocycles. The van der Waals surface area contributed by atoms with Crippen molar-refractivity contribution in [2.24, 2.45) is 0 Å². The molecule has 0 aliphatic carbocycles. The Morgan fingerprint density at radius 1 is 0.926 bits per heavy atom. The third kappa shape index (κ3) is 5.09. The van der Waals surface area contributed by atoms with E-state index in [4.69, 9.17) is 5.11 Å². The fourth-order valence-electron chi connectivity index (χ4n) is 1.97. The lowest BCUT2D eigenvalue weighted by molar-refractivity contribution is -0.143. The Balaban J connectivity index is 2.31. The van der Waals surface area contributed by atoms with Gasteiger partial charge in [-0.15, -0.1) is 0 Å².